The summed E-state index contributed by atoms with van der Waals surface area (Å²) in [6.45, 7) is 0. The fourth-order valence-corrected chi connectivity index (χ4v) is 2.90. The predicted molar refractivity (Wildman–Crippen MR) is 86.9 cm³/mol. The average molecular weight is 311 g/mol. The highest BCUT2D eigenvalue weighted by molar-refractivity contribution is 5.73. The molecule has 0 radical (unpaired) electrons. The third-order valence-electron chi connectivity index (χ3n) is 3.98. The molecule has 0 bridgehead atoms. The van der Waals surface area contributed by atoms with Crippen molar-refractivity contribution in [1.82, 2.24) is 0 Å². The summed E-state index contributed by atoms with van der Waals surface area (Å²) < 4.78 is 0. The van der Waals surface area contributed by atoms with Crippen molar-refractivity contribution >= 4 is 23.4 Å². The molecule has 2 aromatic carbocycles. The number of carboxylic acid groups (broad SMARTS) is 1. The number of aliphatic hydroxyl groups is 1. The van der Waals surface area contributed by atoms with Crippen LogP contribution in [0.4, 0.5) is 11.4 Å². The number of carboxylic acids is 1. The van der Waals surface area contributed by atoms with Crippen molar-refractivity contribution in [2.75, 3.05) is 11.5 Å². The Kier molecular flexibility index (Phi) is 3.54. The molecule has 0 amide bonds. The van der Waals surface area contributed by atoms with Crippen LogP contribution in [-0.4, -0.2) is 22.3 Å². The Bertz CT molecular complexity index is 880. The summed E-state index contributed by atoms with van der Waals surface area (Å²) in [4.78, 5) is 15.8. The second-order valence-electron chi connectivity index (χ2n) is 5.65. The van der Waals surface area contributed by atoms with Gasteiger partial charge < -0.3 is 21.7 Å². The van der Waals surface area contributed by atoms with Crippen LogP contribution >= 0.6 is 0 Å². The molecule has 2 unspecified atom stereocenters. The van der Waals surface area contributed by atoms with Gasteiger partial charge in [-0.1, -0.05) is 30.3 Å². The van der Waals surface area contributed by atoms with Crippen LogP contribution in [0.25, 0.3) is 6.08 Å². The van der Waals surface area contributed by atoms with Gasteiger partial charge in [0.1, 0.15) is 5.54 Å². The zero-order chi connectivity index (χ0) is 16.6. The maximum Gasteiger partial charge on any atom is 0.332 e. The molecule has 0 aliphatic carbocycles. The zero-order valence-electron chi connectivity index (χ0n) is 12.3. The van der Waals surface area contributed by atoms with Crippen molar-refractivity contribution in [2.45, 2.75) is 18.1 Å². The van der Waals surface area contributed by atoms with Gasteiger partial charge in [-0.05, 0) is 23.8 Å². The fraction of sp³-hybridized carbons (Fsp3) is 0.176. The standard InChI is InChI=1S/C17H17N3O3/c18-11-6-13(19)12-8-17(20-14(12)7-11,9-15(21)16(22)23)10-4-2-1-3-5-10/h1-8,15,21H,9,18-19H2,(H,22,23). The lowest BCUT2D eigenvalue weighted by atomic mass is 9.85. The van der Waals surface area contributed by atoms with Gasteiger partial charge in [-0.2, -0.15) is 0 Å². The summed E-state index contributed by atoms with van der Waals surface area (Å²) in [5.41, 5.74) is 12.6. The topological polar surface area (TPSA) is 122 Å². The first-order valence-electron chi connectivity index (χ1n) is 7.15. The number of hydrogen-bond donors (Lipinski definition) is 4. The second-order valence-corrected chi connectivity index (χ2v) is 5.65. The van der Waals surface area contributed by atoms with Gasteiger partial charge in [0.15, 0.2) is 6.10 Å². The van der Waals surface area contributed by atoms with Gasteiger partial charge in [-0.3, -0.25) is 4.99 Å². The number of carbonyl (C=O) groups is 1. The van der Waals surface area contributed by atoms with E-state index in [2.05, 4.69) is 4.99 Å². The van der Waals surface area contributed by atoms with Crippen LogP contribution in [-0.2, 0) is 10.3 Å². The summed E-state index contributed by atoms with van der Waals surface area (Å²) in [5, 5.41) is 20.3. The van der Waals surface area contributed by atoms with E-state index in [0.29, 0.717) is 22.0 Å². The first kappa shape index (κ1) is 15.1. The van der Waals surface area contributed by atoms with Gasteiger partial charge in [0, 0.05) is 23.0 Å². The van der Waals surface area contributed by atoms with E-state index in [4.69, 9.17) is 16.6 Å². The maximum atomic E-state index is 11.1. The Morgan fingerprint density at radius 2 is 1.91 bits per heavy atom. The molecule has 0 saturated carbocycles. The van der Waals surface area contributed by atoms with Crippen LogP contribution in [0.1, 0.15) is 12.0 Å². The lowest BCUT2D eigenvalue weighted by molar-refractivity contribution is -0.147. The van der Waals surface area contributed by atoms with Gasteiger partial charge in [0.25, 0.3) is 0 Å². The molecule has 0 fully saturated rings. The van der Waals surface area contributed by atoms with Gasteiger partial charge >= 0.3 is 5.97 Å². The first-order valence-corrected chi connectivity index (χ1v) is 7.15. The summed E-state index contributed by atoms with van der Waals surface area (Å²) in [7, 11) is 0. The second kappa shape index (κ2) is 5.40. The van der Waals surface area contributed by atoms with Crippen molar-refractivity contribution in [2.24, 2.45) is 4.99 Å². The van der Waals surface area contributed by atoms with Crippen molar-refractivity contribution < 1.29 is 15.0 Å². The van der Waals surface area contributed by atoms with Gasteiger partial charge in [0.05, 0.1) is 5.36 Å². The monoisotopic (exact) mass is 311 g/mol. The molecule has 1 heterocycles. The zero-order valence-corrected chi connectivity index (χ0v) is 12.3. The number of aliphatic carboxylic acids is 1. The van der Waals surface area contributed by atoms with Crippen molar-refractivity contribution in [3.05, 3.63) is 58.6 Å². The molecule has 118 valence electrons. The van der Waals surface area contributed by atoms with E-state index in [1.54, 1.807) is 18.2 Å². The SMILES string of the molecule is Nc1cc(N)c2c(c1)=NC(CC(O)C(=O)O)(c1ccccc1)C=2. The molecule has 6 N–H and O–H groups in total. The molecule has 2 atom stereocenters. The van der Waals surface area contributed by atoms with Crippen LogP contribution in [0.2, 0.25) is 0 Å². The largest absolute Gasteiger partial charge is 0.479 e. The van der Waals surface area contributed by atoms with Crippen LogP contribution in [0.5, 0.6) is 0 Å². The lowest BCUT2D eigenvalue weighted by Gasteiger charge is -2.26. The minimum atomic E-state index is -1.54. The van der Waals surface area contributed by atoms with E-state index in [9.17, 15) is 9.90 Å². The highest BCUT2D eigenvalue weighted by Gasteiger charge is 2.36. The minimum Gasteiger partial charge on any atom is -0.479 e. The minimum absolute atomic E-state index is 0.0830. The molecule has 0 saturated heterocycles. The Labute approximate surface area is 132 Å². The van der Waals surface area contributed by atoms with E-state index in [-0.39, 0.29) is 6.42 Å². The van der Waals surface area contributed by atoms with Crippen LogP contribution in [0.15, 0.2) is 47.5 Å². The third-order valence-corrected chi connectivity index (χ3v) is 3.98. The quantitative estimate of drug-likeness (QED) is 0.592. The summed E-state index contributed by atoms with van der Waals surface area (Å²) in [6.07, 6.45) is 0.182. The van der Waals surface area contributed by atoms with E-state index >= 15 is 0 Å². The Hall–Kier alpha value is -2.86. The number of benzene rings is 2. The molecule has 6 heteroatoms. The van der Waals surface area contributed by atoms with Crippen molar-refractivity contribution in [1.29, 1.82) is 0 Å². The normalized spacial score (nSPS) is 20.2. The number of nitrogen functional groups attached to an aromatic ring is 2. The van der Waals surface area contributed by atoms with Crippen LogP contribution in [0.3, 0.4) is 0 Å². The van der Waals surface area contributed by atoms with E-state index < -0.39 is 17.6 Å². The van der Waals surface area contributed by atoms with Crippen LogP contribution in [0, 0.1) is 0 Å². The number of nitrogens with zero attached hydrogens (tertiary/aromatic N) is 1. The average Bonchev–Trinajstić information content (AvgIpc) is 2.88. The third kappa shape index (κ3) is 2.64. The Morgan fingerprint density at radius 3 is 2.57 bits per heavy atom. The van der Waals surface area contributed by atoms with Gasteiger partial charge in [-0.25, -0.2) is 4.79 Å². The summed E-state index contributed by atoms with van der Waals surface area (Å²) in [6, 6.07) is 12.6. The van der Waals surface area contributed by atoms with Gasteiger partial charge in [0.2, 0.25) is 0 Å². The Morgan fingerprint density at radius 1 is 1.22 bits per heavy atom. The number of fused-ring (bicyclic) bond motifs is 1. The molecule has 1 aliphatic rings. The predicted octanol–water partition coefficient (Wildman–Crippen LogP) is -0.00420. The molecule has 1 aliphatic heterocycles. The van der Waals surface area contributed by atoms with Gasteiger partial charge in [-0.15, -0.1) is 0 Å². The summed E-state index contributed by atoms with van der Waals surface area (Å²) in [5.74, 6) is -1.28. The first-order chi connectivity index (χ1) is 10.9. The molecule has 6 nitrogen and oxygen atoms in total. The number of nitrogens with two attached hydrogens (primary N) is 2. The highest BCUT2D eigenvalue weighted by Crippen LogP contribution is 2.34. The molecule has 23 heavy (non-hydrogen) atoms. The number of hydrogen-bond acceptors (Lipinski definition) is 5. The Balaban J connectivity index is 2.22. The lowest BCUT2D eigenvalue weighted by Crippen LogP contribution is -2.31. The van der Waals surface area contributed by atoms with Crippen molar-refractivity contribution in [3.63, 3.8) is 0 Å². The van der Waals surface area contributed by atoms with E-state index in [1.807, 2.05) is 30.3 Å². The molecule has 0 aromatic heterocycles. The van der Waals surface area contributed by atoms with E-state index in [0.717, 1.165) is 5.56 Å². The summed E-state index contributed by atoms with van der Waals surface area (Å²) >= 11 is 0. The molecular formula is C17H17N3O3. The number of aliphatic hydroxyl groups excluding tert-OH is 1. The number of anilines is 2. The van der Waals surface area contributed by atoms with Crippen LogP contribution < -0.4 is 22.0 Å². The molecule has 0 spiro atoms. The van der Waals surface area contributed by atoms with Crippen molar-refractivity contribution in [3.8, 4) is 0 Å². The number of rotatable bonds is 4. The maximum absolute atomic E-state index is 11.1. The van der Waals surface area contributed by atoms with E-state index in [1.165, 1.54) is 0 Å². The molecule has 2 aromatic rings. The smallest absolute Gasteiger partial charge is 0.332 e. The molecule has 3 rings (SSSR count). The fourth-order valence-electron chi connectivity index (χ4n) is 2.90. The molecular weight excluding hydrogens is 294 g/mol. The highest BCUT2D eigenvalue weighted by atomic mass is 16.4.